The van der Waals surface area contributed by atoms with Gasteiger partial charge in [0.2, 0.25) is 0 Å². The van der Waals surface area contributed by atoms with E-state index in [0.717, 1.165) is 41.7 Å². The molecule has 4 heteroatoms. The Morgan fingerprint density at radius 3 is 2.95 bits per heavy atom. The van der Waals surface area contributed by atoms with Crippen molar-refractivity contribution in [2.75, 3.05) is 26.2 Å². The lowest BCUT2D eigenvalue weighted by molar-refractivity contribution is 0.0717. The fourth-order valence-corrected chi connectivity index (χ4v) is 3.51. The van der Waals surface area contributed by atoms with Gasteiger partial charge in [-0.25, -0.2) is 0 Å². The third-order valence-electron chi connectivity index (χ3n) is 4.08. The van der Waals surface area contributed by atoms with Crippen molar-refractivity contribution in [2.45, 2.75) is 33.1 Å². The van der Waals surface area contributed by atoms with Crippen LogP contribution >= 0.6 is 22.6 Å². The van der Waals surface area contributed by atoms with Gasteiger partial charge in [-0.15, -0.1) is 0 Å². The molecular formula is C17H25IN2O. The van der Waals surface area contributed by atoms with Crippen molar-refractivity contribution >= 4 is 28.5 Å². The summed E-state index contributed by atoms with van der Waals surface area (Å²) in [7, 11) is 0. The summed E-state index contributed by atoms with van der Waals surface area (Å²) < 4.78 is 1.09. The quantitative estimate of drug-likeness (QED) is 0.768. The van der Waals surface area contributed by atoms with E-state index in [2.05, 4.69) is 52.7 Å². The van der Waals surface area contributed by atoms with Gasteiger partial charge < -0.3 is 10.2 Å². The molecule has 2 rings (SSSR count). The average molecular weight is 400 g/mol. The van der Waals surface area contributed by atoms with Crippen LogP contribution in [-0.2, 0) is 0 Å². The molecule has 3 nitrogen and oxygen atoms in total. The second-order valence-corrected chi connectivity index (χ2v) is 6.98. The molecule has 1 fully saturated rings. The van der Waals surface area contributed by atoms with Crippen LogP contribution in [0.3, 0.4) is 0 Å². The topological polar surface area (TPSA) is 32.3 Å². The van der Waals surface area contributed by atoms with Gasteiger partial charge >= 0.3 is 0 Å². The van der Waals surface area contributed by atoms with E-state index in [1.165, 1.54) is 18.4 Å². The van der Waals surface area contributed by atoms with Gasteiger partial charge in [0.05, 0.1) is 5.56 Å². The fourth-order valence-electron chi connectivity index (χ4n) is 2.92. The number of carbonyl (C=O) groups excluding carboxylic acids is 1. The van der Waals surface area contributed by atoms with Crippen molar-refractivity contribution < 1.29 is 4.79 Å². The lowest BCUT2D eigenvalue weighted by atomic mass is 9.98. The molecule has 21 heavy (non-hydrogen) atoms. The van der Waals surface area contributed by atoms with E-state index < -0.39 is 0 Å². The van der Waals surface area contributed by atoms with Crippen LogP contribution in [0, 0.1) is 16.4 Å². The Bertz CT molecular complexity index is 484. The first kappa shape index (κ1) is 16.7. The summed E-state index contributed by atoms with van der Waals surface area (Å²) in [5.74, 6) is 0.784. The Hall–Kier alpha value is -0.620. The lowest BCUT2D eigenvalue weighted by Crippen LogP contribution is -2.41. The van der Waals surface area contributed by atoms with Gasteiger partial charge in [0.25, 0.3) is 5.91 Å². The minimum atomic E-state index is 0.190. The third-order valence-corrected chi connectivity index (χ3v) is 5.51. The van der Waals surface area contributed by atoms with Gasteiger partial charge in [0.1, 0.15) is 0 Å². The van der Waals surface area contributed by atoms with Crippen molar-refractivity contribution in [3.05, 3.63) is 32.9 Å². The molecule has 1 aromatic rings. The number of hydrogen-bond acceptors (Lipinski definition) is 2. The predicted octanol–water partition coefficient (Wildman–Crippen LogP) is 3.45. The molecule has 1 unspecified atom stereocenters. The predicted molar refractivity (Wildman–Crippen MR) is 95.7 cm³/mol. The van der Waals surface area contributed by atoms with Gasteiger partial charge in [-0.1, -0.05) is 19.1 Å². The zero-order valence-electron chi connectivity index (χ0n) is 13.0. The Morgan fingerprint density at radius 2 is 2.29 bits per heavy atom. The highest BCUT2D eigenvalue weighted by molar-refractivity contribution is 14.1. The van der Waals surface area contributed by atoms with Crippen LogP contribution in [0.15, 0.2) is 18.2 Å². The maximum absolute atomic E-state index is 12.9. The zero-order valence-corrected chi connectivity index (χ0v) is 15.2. The molecule has 0 aliphatic carbocycles. The molecule has 116 valence electrons. The minimum absolute atomic E-state index is 0.190. The molecule has 1 aromatic carbocycles. The molecule has 1 aliphatic rings. The number of piperidine rings is 1. The molecule has 1 amide bonds. The van der Waals surface area contributed by atoms with Crippen molar-refractivity contribution in [3.63, 3.8) is 0 Å². The van der Waals surface area contributed by atoms with Crippen LogP contribution in [0.25, 0.3) is 0 Å². The van der Waals surface area contributed by atoms with Crippen LogP contribution in [-0.4, -0.2) is 37.0 Å². The minimum Gasteiger partial charge on any atom is -0.338 e. The van der Waals surface area contributed by atoms with Gasteiger partial charge in [-0.2, -0.15) is 0 Å². The maximum Gasteiger partial charge on any atom is 0.254 e. The molecule has 0 aromatic heterocycles. The van der Waals surface area contributed by atoms with Crippen molar-refractivity contribution in [1.29, 1.82) is 0 Å². The number of hydrogen-bond donors (Lipinski definition) is 1. The summed E-state index contributed by atoms with van der Waals surface area (Å²) in [6.07, 6.45) is 3.46. The highest BCUT2D eigenvalue weighted by Gasteiger charge is 2.22. The molecule has 0 radical (unpaired) electrons. The highest BCUT2D eigenvalue weighted by Crippen LogP contribution is 2.20. The smallest absolute Gasteiger partial charge is 0.254 e. The standard InChI is InChI=1S/C17H25IN2O/c1-3-10-20(12-14-7-5-9-19-11-14)17(21)15-8-4-6-13(2)16(15)18/h4,6,8,14,19H,3,5,7,9-12H2,1-2H3. The van der Waals surface area contributed by atoms with Crippen LogP contribution in [0.1, 0.15) is 42.1 Å². The second-order valence-electron chi connectivity index (χ2n) is 5.90. The van der Waals surface area contributed by atoms with E-state index in [4.69, 9.17) is 0 Å². The van der Waals surface area contributed by atoms with Crippen molar-refractivity contribution in [3.8, 4) is 0 Å². The first-order valence-electron chi connectivity index (χ1n) is 7.88. The SMILES string of the molecule is CCCN(CC1CCCNC1)C(=O)c1cccc(C)c1I. The zero-order chi connectivity index (χ0) is 15.2. The molecule has 0 saturated carbocycles. The Balaban J connectivity index is 2.12. The largest absolute Gasteiger partial charge is 0.338 e. The van der Waals surface area contributed by atoms with Gasteiger partial charge in [0.15, 0.2) is 0 Å². The van der Waals surface area contributed by atoms with E-state index >= 15 is 0 Å². The fraction of sp³-hybridized carbons (Fsp3) is 0.588. The normalized spacial score (nSPS) is 18.5. The Labute approximate surface area is 141 Å². The summed E-state index contributed by atoms with van der Waals surface area (Å²) in [4.78, 5) is 14.9. The van der Waals surface area contributed by atoms with E-state index in [1.54, 1.807) is 0 Å². The maximum atomic E-state index is 12.9. The first-order chi connectivity index (χ1) is 10.1. The third kappa shape index (κ3) is 4.42. The Morgan fingerprint density at radius 1 is 1.48 bits per heavy atom. The Kier molecular flexibility index (Phi) is 6.48. The van der Waals surface area contributed by atoms with Crippen LogP contribution in [0.5, 0.6) is 0 Å². The molecule has 0 bridgehead atoms. The van der Waals surface area contributed by atoms with E-state index in [1.807, 2.05) is 12.1 Å². The van der Waals surface area contributed by atoms with E-state index in [-0.39, 0.29) is 5.91 Å². The monoisotopic (exact) mass is 400 g/mol. The number of benzene rings is 1. The summed E-state index contributed by atoms with van der Waals surface area (Å²) in [6, 6.07) is 6.00. The van der Waals surface area contributed by atoms with E-state index in [9.17, 15) is 4.79 Å². The average Bonchev–Trinajstić information content (AvgIpc) is 2.50. The summed E-state index contributed by atoms with van der Waals surface area (Å²) >= 11 is 2.29. The number of nitrogens with zero attached hydrogens (tertiary/aromatic N) is 1. The van der Waals surface area contributed by atoms with Crippen molar-refractivity contribution in [2.24, 2.45) is 5.92 Å². The summed E-state index contributed by atoms with van der Waals surface area (Å²) in [5, 5.41) is 3.44. The lowest BCUT2D eigenvalue weighted by Gasteiger charge is -2.30. The molecule has 1 heterocycles. The van der Waals surface area contributed by atoms with Crippen molar-refractivity contribution in [1.82, 2.24) is 10.2 Å². The number of nitrogens with one attached hydrogen (secondary N) is 1. The van der Waals surface area contributed by atoms with Crippen LogP contribution in [0.2, 0.25) is 0 Å². The number of rotatable bonds is 5. The molecular weight excluding hydrogens is 375 g/mol. The van der Waals surface area contributed by atoms with Gasteiger partial charge in [-0.3, -0.25) is 4.79 Å². The van der Waals surface area contributed by atoms with E-state index in [0.29, 0.717) is 5.92 Å². The van der Waals surface area contributed by atoms with Crippen LogP contribution < -0.4 is 5.32 Å². The molecule has 1 aliphatic heterocycles. The number of aryl methyl sites for hydroxylation is 1. The summed E-state index contributed by atoms with van der Waals surface area (Å²) in [6.45, 7) is 8.09. The van der Waals surface area contributed by atoms with Gasteiger partial charge in [-0.05, 0) is 79.4 Å². The number of carbonyl (C=O) groups is 1. The molecule has 1 atom stereocenters. The molecule has 1 saturated heterocycles. The second kappa shape index (κ2) is 8.13. The van der Waals surface area contributed by atoms with Gasteiger partial charge in [0, 0.05) is 16.7 Å². The molecule has 1 N–H and O–H groups in total. The summed E-state index contributed by atoms with van der Waals surface area (Å²) in [5.41, 5.74) is 2.03. The van der Waals surface area contributed by atoms with Crippen LogP contribution in [0.4, 0.5) is 0 Å². The first-order valence-corrected chi connectivity index (χ1v) is 8.96. The molecule has 0 spiro atoms. The highest BCUT2D eigenvalue weighted by atomic mass is 127. The number of amides is 1. The number of halogens is 1.